The van der Waals surface area contributed by atoms with Crippen LogP contribution in [-0.4, -0.2) is 99.9 Å². The van der Waals surface area contributed by atoms with Gasteiger partial charge in [-0.1, -0.05) is 0 Å². The molecule has 0 bridgehead atoms. The van der Waals surface area contributed by atoms with Crippen molar-refractivity contribution in [3.63, 3.8) is 0 Å². The lowest BCUT2D eigenvalue weighted by Gasteiger charge is -2.50. The maximum atomic E-state index is 13.6. The number of aliphatic hydroxyl groups excluding tert-OH is 2. The molecule has 11 nitrogen and oxygen atoms in total. The van der Waals surface area contributed by atoms with Crippen molar-refractivity contribution in [2.45, 2.75) is 24.5 Å². The van der Waals surface area contributed by atoms with E-state index in [4.69, 9.17) is 5.73 Å². The van der Waals surface area contributed by atoms with E-state index in [0.29, 0.717) is 5.56 Å². The van der Waals surface area contributed by atoms with E-state index in [1.165, 1.54) is 17.0 Å². The van der Waals surface area contributed by atoms with Crippen LogP contribution in [0.5, 0.6) is 5.75 Å². The molecule has 0 saturated carbocycles. The van der Waals surface area contributed by atoms with Crippen molar-refractivity contribution in [3.05, 3.63) is 51.5 Å². The molecule has 4 atom stereocenters. The molecule has 36 heavy (non-hydrogen) atoms. The zero-order chi connectivity index (χ0) is 26.9. The summed E-state index contributed by atoms with van der Waals surface area (Å²) in [5, 5.41) is 44.1. The Kier molecular flexibility index (Phi) is 6.06. The molecule has 0 heterocycles. The standard InChI is InChI=1S/C25H29N3O8/c1-27(2)9-15(30)11-5-6-14(29)17-12(11)7-10-8-13-19(28(3)4)21(32)18(24(26)35)23(34)25(13,36)22(33)16(10)20(17)31/h5-6,10,13,19,29,32-33,36H,7-9H2,1-4H3,(H2,26,35)/t10?,13?,19-,25?/m0/s1. The zero-order valence-corrected chi connectivity index (χ0v) is 20.4. The minimum absolute atomic E-state index is 0.0390. The normalized spacial score (nSPS) is 27.8. The summed E-state index contributed by atoms with van der Waals surface area (Å²) in [5.74, 6) is -7.49. The summed E-state index contributed by atoms with van der Waals surface area (Å²) in [7, 11) is 6.56. The second kappa shape index (κ2) is 8.54. The van der Waals surface area contributed by atoms with E-state index in [1.807, 2.05) is 0 Å². The van der Waals surface area contributed by atoms with Crippen molar-refractivity contribution < 1.29 is 39.6 Å². The van der Waals surface area contributed by atoms with Gasteiger partial charge in [0.05, 0.1) is 18.2 Å². The summed E-state index contributed by atoms with van der Waals surface area (Å²) in [6.45, 7) is 0.0676. The molecular weight excluding hydrogens is 470 g/mol. The van der Waals surface area contributed by atoms with Gasteiger partial charge in [0, 0.05) is 17.1 Å². The lowest BCUT2D eigenvalue weighted by Crippen LogP contribution is -2.63. The van der Waals surface area contributed by atoms with Crippen LogP contribution >= 0.6 is 0 Å². The molecule has 3 aliphatic rings. The van der Waals surface area contributed by atoms with E-state index in [9.17, 15) is 39.6 Å². The highest BCUT2D eigenvalue weighted by molar-refractivity contribution is 6.25. The number of hydrogen-bond donors (Lipinski definition) is 5. The molecular formula is C25H29N3O8. The van der Waals surface area contributed by atoms with Gasteiger partial charge in [-0.25, -0.2) is 0 Å². The van der Waals surface area contributed by atoms with Gasteiger partial charge in [0.15, 0.2) is 17.2 Å². The van der Waals surface area contributed by atoms with Crippen LogP contribution < -0.4 is 5.73 Å². The first-order valence-electron chi connectivity index (χ1n) is 11.4. The van der Waals surface area contributed by atoms with Crippen molar-refractivity contribution in [2.75, 3.05) is 34.7 Å². The number of Topliss-reactive ketones (excluding diaryl/α,β-unsaturated/α-hetero) is 3. The number of hydrogen-bond acceptors (Lipinski definition) is 10. The summed E-state index contributed by atoms with van der Waals surface area (Å²) in [6, 6.07) is 1.59. The number of phenolic OH excluding ortho intramolecular Hbond substituents is 1. The molecule has 1 amide bonds. The predicted molar refractivity (Wildman–Crippen MR) is 127 cm³/mol. The average molecular weight is 500 g/mol. The fourth-order valence-corrected chi connectivity index (χ4v) is 5.88. The van der Waals surface area contributed by atoms with Gasteiger partial charge in [-0.3, -0.25) is 24.1 Å². The summed E-state index contributed by atoms with van der Waals surface area (Å²) < 4.78 is 0. The molecule has 3 aliphatic carbocycles. The number of rotatable bonds is 5. The molecule has 0 spiro atoms. The van der Waals surface area contributed by atoms with Gasteiger partial charge in [0.25, 0.3) is 5.91 Å². The Morgan fingerprint density at radius 2 is 1.75 bits per heavy atom. The second-order valence-corrected chi connectivity index (χ2v) is 10.1. The minimum Gasteiger partial charge on any atom is -0.510 e. The second-order valence-electron chi connectivity index (χ2n) is 10.1. The van der Waals surface area contributed by atoms with Crippen LogP contribution in [0.15, 0.2) is 34.8 Å². The number of aliphatic hydroxyl groups is 3. The summed E-state index contributed by atoms with van der Waals surface area (Å²) in [4.78, 5) is 55.0. The van der Waals surface area contributed by atoms with Gasteiger partial charge >= 0.3 is 0 Å². The number of phenols is 1. The third-order valence-electron chi connectivity index (χ3n) is 7.37. The van der Waals surface area contributed by atoms with Gasteiger partial charge in [0.2, 0.25) is 5.78 Å². The highest BCUT2D eigenvalue weighted by Gasteiger charge is 2.63. The number of nitrogens with two attached hydrogens (primary N) is 1. The van der Waals surface area contributed by atoms with Crippen LogP contribution in [0.25, 0.3) is 0 Å². The highest BCUT2D eigenvalue weighted by atomic mass is 16.3. The first kappa shape index (κ1) is 25.5. The van der Waals surface area contributed by atoms with Crippen molar-refractivity contribution in [1.29, 1.82) is 0 Å². The first-order chi connectivity index (χ1) is 16.7. The number of carbonyl (C=O) groups is 4. The van der Waals surface area contributed by atoms with E-state index < -0.39 is 63.8 Å². The number of aromatic hydroxyl groups is 1. The number of nitrogens with zero attached hydrogens (tertiary/aromatic N) is 2. The Bertz CT molecular complexity index is 1280. The smallest absolute Gasteiger partial charge is 0.255 e. The SMILES string of the molecule is CN(C)CC(=O)c1ccc(O)c2c1CC1CC3[C@H](N(C)C)C(O)=C(C(N)=O)C(=O)C3(O)C(O)=C1C2=O. The number of carbonyl (C=O) groups excluding carboxylic acids is 4. The van der Waals surface area contributed by atoms with E-state index in [-0.39, 0.29) is 41.9 Å². The number of benzene rings is 1. The molecule has 11 heteroatoms. The van der Waals surface area contributed by atoms with Gasteiger partial charge in [-0.15, -0.1) is 0 Å². The molecule has 0 aliphatic heterocycles. The first-order valence-corrected chi connectivity index (χ1v) is 11.4. The van der Waals surface area contributed by atoms with Crippen molar-refractivity contribution in [1.82, 2.24) is 9.80 Å². The van der Waals surface area contributed by atoms with Gasteiger partial charge in [0.1, 0.15) is 22.8 Å². The van der Waals surface area contributed by atoms with E-state index in [0.717, 1.165) is 0 Å². The average Bonchev–Trinajstić information content (AvgIpc) is 2.75. The summed E-state index contributed by atoms with van der Waals surface area (Å²) in [5.41, 5.74) is 1.90. The Labute approximate surface area is 207 Å². The van der Waals surface area contributed by atoms with E-state index >= 15 is 0 Å². The lowest BCUT2D eigenvalue weighted by atomic mass is 9.58. The molecule has 1 aromatic carbocycles. The van der Waals surface area contributed by atoms with E-state index in [2.05, 4.69) is 0 Å². The molecule has 3 unspecified atom stereocenters. The third-order valence-corrected chi connectivity index (χ3v) is 7.37. The Hall–Kier alpha value is -3.54. The third kappa shape index (κ3) is 3.46. The van der Waals surface area contributed by atoms with Gasteiger partial charge in [-0.2, -0.15) is 0 Å². The maximum Gasteiger partial charge on any atom is 0.255 e. The van der Waals surface area contributed by atoms with E-state index in [1.54, 1.807) is 33.1 Å². The molecule has 0 radical (unpaired) electrons. The van der Waals surface area contributed by atoms with Crippen LogP contribution in [0, 0.1) is 11.8 Å². The van der Waals surface area contributed by atoms with Crippen LogP contribution in [0.3, 0.4) is 0 Å². The Morgan fingerprint density at radius 3 is 2.31 bits per heavy atom. The number of allylic oxidation sites excluding steroid dienone is 1. The molecule has 192 valence electrons. The van der Waals surface area contributed by atoms with Crippen LogP contribution in [0.4, 0.5) is 0 Å². The Balaban J connectivity index is 1.93. The monoisotopic (exact) mass is 499 g/mol. The fraction of sp³-hybridized carbons (Fsp3) is 0.440. The number of amides is 1. The van der Waals surface area contributed by atoms with Crippen LogP contribution in [-0.2, 0) is 16.0 Å². The van der Waals surface area contributed by atoms with Crippen molar-refractivity contribution in [3.8, 4) is 5.75 Å². The molecule has 4 rings (SSSR count). The van der Waals surface area contributed by atoms with Gasteiger partial charge < -0.3 is 31.1 Å². The maximum absolute atomic E-state index is 13.6. The molecule has 6 N–H and O–H groups in total. The molecule has 0 fully saturated rings. The number of fused-ring (bicyclic) bond motifs is 3. The quantitative estimate of drug-likeness (QED) is 0.270. The summed E-state index contributed by atoms with van der Waals surface area (Å²) in [6.07, 6.45) is 0.0279. The predicted octanol–water partition coefficient (Wildman–Crippen LogP) is -0.135. The van der Waals surface area contributed by atoms with Gasteiger partial charge in [-0.05, 0) is 64.6 Å². The molecule has 0 saturated heterocycles. The summed E-state index contributed by atoms with van der Waals surface area (Å²) >= 11 is 0. The van der Waals surface area contributed by atoms with Crippen molar-refractivity contribution >= 4 is 23.3 Å². The fourth-order valence-electron chi connectivity index (χ4n) is 5.88. The topological polar surface area (TPSA) is 182 Å². The minimum atomic E-state index is -2.70. The number of likely N-dealkylation sites (N-methyl/N-ethyl adjacent to an activating group) is 2. The number of primary amides is 1. The largest absolute Gasteiger partial charge is 0.510 e. The zero-order valence-electron chi connectivity index (χ0n) is 20.4. The highest BCUT2D eigenvalue weighted by Crippen LogP contribution is 2.52. The van der Waals surface area contributed by atoms with Crippen molar-refractivity contribution in [2.24, 2.45) is 17.6 Å². The molecule has 1 aromatic rings. The Morgan fingerprint density at radius 1 is 1.11 bits per heavy atom. The van der Waals surface area contributed by atoms with Crippen LogP contribution in [0.1, 0.15) is 32.7 Å². The molecule has 0 aromatic heterocycles. The van der Waals surface area contributed by atoms with Crippen LogP contribution in [0.2, 0.25) is 0 Å². The lowest BCUT2D eigenvalue weighted by molar-refractivity contribution is -0.148. The number of ketones is 3.